The van der Waals surface area contributed by atoms with Crippen LogP contribution in [0.1, 0.15) is 0 Å². The molecule has 0 aromatic heterocycles. The molecule has 0 aromatic rings. The SMILES string of the molecule is COC(CNS(=O)(=O)NCC(F)(F)F)C(=O)O. The van der Waals surface area contributed by atoms with E-state index in [1.807, 2.05) is 0 Å². The molecule has 0 radical (unpaired) electrons. The lowest BCUT2D eigenvalue weighted by atomic mass is 10.4. The van der Waals surface area contributed by atoms with E-state index in [4.69, 9.17) is 5.11 Å². The van der Waals surface area contributed by atoms with Gasteiger partial charge in [-0.2, -0.15) is 31.0 Å². The maximum Gasteiger partial charge on any atom is 0.402 e. The molecule has 7 nitrogen and oxygen atoms in total. The number of rotatable bonds is 7. The smallest absolute Gasteiger partial charge is 0.402 e. The molecule has 1 unspecified atom stereocenters. The van der Waals surface area contributed by atoms with Crippen LogP contribution in [0.25, 0.3) is 0 Å². The fourth-order valence-corrected chi connectivity index (χ4v) is 1.51. The Bertz CT molecular complexity index is 355. The van der Waals surface area contributed by atoms with Gasteiger partial charge in [0.2, 0.25) is 0 Å². The van der Waals surface area contributed by atoms with E-state index in [1.54, 1.807) is 4.72 Å². The molecule has 3 N–H and O–H groups in total. The highest BCUT2D eigenvalue weighted by atomic mass is 32.2. The molecule has 0 fully saturated rings. The summed E-state index contributed by atoms with van der Waals surface area (Å²) in [6, 6.07) is 0. The van der Waals surface area contributed by atoms with Crippen LogP contribution in [0.5, 0.6) is 0 Å². The molecule has 0 saturated carbocycles. The van der Waals surface area contributed by atoms with Crippen molar-refractivity contribution >= 4 is 16.2 Å². The van der Waals surface area contributed by atoms with Gasteiger partial charge in [0.05, 0.1) is 0 Å². The van der Waals surface area contributed by atoms with Crippen molar-refractivity contribution in [3.05, 3.63) is 0 Å². The zero-order chi connectivity index (χ0) is 13.7. The first kappa shape index (κ1) is 16.1. The summed E-state index contributed by atoms with van der Waals surface area (Å²) in [6.45, 7) is -2.42. The Morgan fingerprint density at radius 1 is 1.41 bits per heavy atom. The Morgan fingerprint density at radius 2 is 1.94 bits per heavy atom. The van der Waals surface area contributed by atoms with Gasteiger partial charge < -0.3 is 9.84 Å². The molecule has 0 spiro atoms. The summed E-state index contributed by atoms with van der Waals surface area (Å²) in [6.07, 6.45) is -6.17. The van der Waals surface area contributed by atoms with E-state index in [1.165, 1.54) is 4.72 Å². The van der Waals surface area contributed by atoms with E-state index in [9.17, 15) is 26.4 Å². The van der Waals surface area contributed by atoms with Gasteiger partial charge in [-0.05, 0) is 0 Å². The summed E-state index contributed by atoms with van der Waals surface area (Å²) in [5.74, 6) is -1.44. The molecule has 11 heteroatoms. The molecular weight excluding hydrogens is 269 g/mol. The lowest BCUT2D eigenvalue weighted by Crippen LogP contribution is -2.45. The van der Waals surface area contributed by atoms with E-state index >= 15 is 0 Å². The number of ether oxygens (including phenoxy) is 1. The average molecular weight is 280 g/mol. The standard InChI is InChI=1S/C6H11F3N2O5S/c1-16-4(5(12)13)2-10-17(14,15)11-3-6(7,8)9/h4,10-11H,2-3H2,1H3,(H,12,13). The topological polar surface area (TPSA) is 105 Å². The highest BCUT2D eigenvalue weighted by Gasteiger charge is 2.30. The Morgan fingerprint density at radius 3 is 2.29 bits per heavy atom. The van der Waals surface area contributed by atoms with E-state index in [0.29, 0.717) is 0 Å². The van der Waals surface area contributed by atoms with Crippen LogP contribution in [0.4, 0.5) is 13.2 Å². The fraction of sp³-hybridized carbons (Fsp3) is 0.833. The van der Waals surface area contributed by atoms with E-state index in [-0.39, 0.29) is 0 Å². The van der Waals surface area contributed by atoms with Crippen molar-refractivity contribution in [2.75, 3.05) is 20.2 Å². The van der Waals surface area contributed by atoms with Gasteiger partial charge in [-0.25, -0.2) is 4.79 Å². The number of hydrogen-bond acceptors (Lipinski definition) is 4. The molecule has 0 aromatic carbocycles. The van der Waals surface area contributed by atoms with Crippen LogP contribution in [0, 0.1) is 0 Å². The first-order valence-corrected chi connectivity index (χ1v) is 5.62. The number of alkyl halides is 3. The van der Waals surface area contributed by atoms with Gasteiger partial charge in [0.1, 0.15) is 6.54 Å². The summed E-state index contributed by atoms with van der Waals surface area (Å²) in [5, 5.41) is 8.47. The molecule has 17 heavy (non-hydrogen) atoms. The van der Waals surface area contributed by atoms with Crippen LogP contribution in [0.2, 0.25) is 0 Å². The van der Waals surface area contributed by atoms with Crippen LogP contribution in [0.3, 0.4) is 0 Å². The molecule has 102 valence electrons. The molecule has 0 heterocycles. The van der Waals surface area contributed by atoms with Crippen molar-refractivity contribution in [3.63, 3.8) is 0 Å². The normalized spacial score (nSPS) is 14.6. The Balaban J connectivity index is 4.23. The maximum absolute atomic E-state index is 11.7. The number of carboxylic acid groups (broad SMARTS) is 1. The Hall–Kier alpha value is -0.910. The van der Waals surface area contributed by atoms with Crippen molar-refractivity contribution in [2.24, 2.45) is 0 Å². The molecule has 0 aliphatic heterocycles. The van der Waals surface area contributed by atoms with Crippen molar-refractivity contribution in [1.29, 1.82) is 0 Å². The first-order valence-electron chi connectivity index (χ1n) is 4.14. The van der Waals surface area contributed by atoms with Gasteiger partial charge in [-0.15, -0.1) is 0 Å². The fourth-order valence-electron chi connectivity index (χ4n) is 0.685. The van der Waals surface area contributed by atoms with Crippen LogP contribution in [-0.2, 0) is 19.7 Å². The van der Waals surface area contributed by atoms with E-state index < -0.39 is 41.5 Å². The minimum atomic E-state index is -4.69. The molecule has 0 bridgehead atoms. The van der Waals surface area contributed by atoms with Crippen LogP contribution >= 0.6 is 0 Å². The van der Waals surface area contributed by atoms with Crippen LogP contribution < -0.4 is 9.44 Å². The van der Waals surface area contributed by atoms with Gasteiger partial charge in [-0.1, -0.05) is 0 Å². The number of carboxylic acids is 1. The average Bonchev–Trinajstić information content (AvgIpc) is 2.14. The minimum absolute atomic E-state index is 0.682. The molecule has 0 rings (SSSR count). The summed E-state index contributed by atoms with van der Waals surface area (Å²) in [4.78, 5) is 10.4. The second-order valence-corrected chi connectivity index (χ2v) is 4.43. The number of carbonyl (C=O) groups is 1. The molecule has 0 aliphatic carbocycles. The number of aliphatic carboxylic acids is 1. The highest BCUT2D eigenvalue weighted by molar-refractivity contribution is 7.87. The Labute approximate surface area is 95.1 Å². The quantitative estimate of drug-likeness (QED) is 0.559. The second kappa shape index (κ2) is 6.14. The van der Waals surface area contributed by atoms with Crippen LogP contribution in [-0.4, -0.2) is 52.0 Å². The maximum atomic E-state index is 11.7. The summed E-state index contributed by atoms with van der Waals surface area (Å²) < 4.78 is 64.2. The summed E-state index contributed by atoms with van der Waals surface area (Å²) in [7, 11) is -3.39. The minimum Gasteiger partial charge on any atom is -0.479 e. The van der Waals surface area contributed by atoms with Crippen molar-refractivity contribution in [3.8, 4) is 0 Å². The monoisotopic (exact) mass is 280 g/mol. The third kappa shape index (κ3) is 7.90. The van der Waals surface area contributed by atoms with Gasteiger partial charge in [0, 0.05) is 13.7 Å². The van der Waals surface area contributed by atoms with Crippen molar-refractivity contribution in [1.82, 2.24) is 9.44 Å². The van der Waals surface area contributed by atoms with Crippen molar-refractivity contribution < 1.29 is 36.2 Å². The first-order chi connectivity index (χ1) is 7.57. The summed E-state index contributed by atoms with van der Waals surface area (Å²) >= 11 is 0. The molecule has 0 saturated heterocycles. The predicted octanol–water partition coefficient (Wildman–Crippen LogP) is -0.928. The molecule has 1 atom stereocenters. The van der Waals surface area contributed by atoms with Gasteiger partial charge in [-0.3, -0.25) is 0 Å². The van der Waals surface area contributed by atoms with Crippen LogP contribution in [0.15, 0.2) is 0 Å². The van der Waals surface area contributed by atoms with Gasteiger partial charge >= 0.3 is 12.1 Å². The molecular formula is C6H11F3N2O5S. The third-order valence-corrected chi connectivity index (χ3v) is 2.55. The van der Waals surface area contributed by atoms with E-state index in [2.05, 4.69) is 4.74 Å². The molecule has 0 aliphatic rings. The van der Waals surface area contributed by atoms with E-state index in [0.717, 1.165) is 7.11 Å². The van der Waals surface area contributed by atoms with Gasteiger partial charge in [0.25, 0.3) is 10.2 Å². The number of nitrogens with one attached hydrogen (secondary N) is 2. The lowest BCUT2D eigenvalue weighted by Gasteiger charge is -2.13. The zero-order valence-corrected chi connectivity index (χ0v) is 9.43. The highest BCUT2D eigenvalue weighted by Crippen LogP contribution is 2.12. The largest absolute Gasteiger partial charge is 0.479 e. The van der Waals surface area contributed by atoms with Gasteiger partial charge in [0.15, 0.2) is 6.10 Å². The second-order valence-electron chi connectivity index (χ2n) is 2.85. The molecule has 0 amide bonds. The Kier molecular flexibility index (Phi) is 5.81. The number of hydrogen-bond donors (Lipinski definition) is 3. The zero-order valence-electron chi connectivity index (χ0n) is 8.61. The lowest BCUT2D eigenvalue weighted by molar-refractivity contribution is -0.147. The van der Waals surface area contributed by atoms with Crippen molar-refractivity contribution in [2.45, 2.75) is 12.3 Å². The number of methoxy groups -OCH3 is 1. The predicted molar refractivity (Wildman–Crippen MR) is 49.4 cm³/mol. The third-order valence-electron chi connectivity index (χ3n) is 1.48. The number of halogens is 3. The summed E-state index contributed by atoms with van der Waals surface area (Å²) in [5.41, 5.74) is 0.